The third-order valence-electron chi connectivity index (χ3n) is 3.67. The maximum Gasteiger partial charge on any atom is 0.254 e. The molecule has 1 aliphatic heterocycles. The summed E-state index contributed by atoms with van der Waals surface area (Å²) >= 11 is 0. The summed E-state index contributed by atoms with van der Waals surface area (Å²) in [4.78, 5) is 14.1. The Morgan fingerprint density at radius 3 is 2.63 bits per heavy atom. The molecule has 0 atom stereocenters. The van der Waals surface area contributed by atoms with Gasteiger partial charge in [0.2, 0.25) is 0 Å². The summed E-state index contributed by atoms with van der Waals surface area (Å²) in [5, 5.41) is 0. The fourth-order valence-electron chi connectivity index (χ4n) is 2.37. The molecule has 0 saturated carbocycles. The van der Waals surface area contributed by atoms with E-state index in [4.69, 9.17) is 5.73 Å². The smallest absolute Gasteiger partial charge is 0.254 e. The molecular formula is C14H20ClFN2O. The molecular weight excluding hydrogens is 267 g/mol. The molecule has 1 fully saturated rings. The summed E-state index contributed by atoms with van der Waals surface area (Å²) in [6, 6.07) is 4.36. The number of benzene rings is 1. The molecule has 2 rings (SSSR count). The molecule has 0 unspecified atom stereocenters. The Labute approximate surface area is 119 Å². The first-order chi connectivity index (χ1) is 8.61. The van der Waals surface area contributed by atoms with Crippen LogP contribution in [0.15, 0.2) is 18.2 Å². The molecule has 0 aromatic heterocycles. The number of carbonyl (C=O) groups excluding carboxylic acids is 1. The summed E-state index contributed by atoms with van der Waals surface area (Å²) in [5.41, 5.74) is 6.92. The second kappa shape index (κ2) is 6.87. The highest BCUT2D eigenvalue weighted by Crippen LogP contribution is 2.19. The van der Waals surface area contributed by atoms with E-state index in [1.165, 1.54) is 12.1 Å². The van der Waals surface area contributed by atoms with Crippen LogP contribution in [0.4, 0.5) is 4.39 Å². The van der Waals surface area contributed by atoms with E-state index in [9.17, 15) is 9.18 Å². The van der Waals surface area contributed by atoms with Crippen LogP contribution in [-0.2, 0) is 0 Å². The molecule has 1 aliphatic rings. The second-order valence-electron chi connectivity index (χ2n) is 4.93. The fraction of sp³-hybridized carbons (Fsp3) is 0.500. The van der Waals surface area contributed by atoms with Gasteiger partial charge >= 0.3 is 0 Å². The van der Waals surface area contributed by atoms with Gasteiger partial charge in [0.15, 0.2) is 0 Å². The van der Waals surface area contributed by atoms with Gasteiger partial charge in [0.25, 0.3) is 5.91 Å². The summed E-state index contributed by atoms with van der Waals surface area (Å²) in [6.45, 7) is 3.95. The molecule has 5 heteroatoms. The van der Waals surface area contributed by atoms with E-state index in [0.29, 0.717) is 18.0 Å². The van der Waals surface area contributed by atoms with Crippen LogP contribution in [0.5, 0.6) is 0 Å². The zero-order chi connectivity index (χ0) is 13.1. The minimum absolute atomic E-state index is 0. The van der Waals surface area contributed by atoms with Crippen molar-refractivity contribution < 1.29 is 9.18 Å². The van der Waals surface area contributed by atoms with Crippen LogP contribution in [0.25, 0.3) is 0 Å². The Morgan fingerprint density at radius 2 is 2.05 bits per heavy atom. The van der Waals surface area contributed by atoms with Crippen molar-refractivity contribution in [2.75, 3.05) is 19.6 Å². The number of rotatable bonds is 2. The Hall–Kier alpha value is -1.13. The van der Waals surface area contributed by atoms with Crippen LogP contribution in [0, 0.1) is 18.7 Å². The maximum absolute atomic E-state index is 13.2. The second-order valence-corrected chi connectivity index (χ2v) is 4.93. The van der Waals surface area contributed by atoms with Crippen molar-refractivity contribution in [3.63, 3.8) is 0 Å². The van der Waals surface area contributed by atoms with Gasteiger partial charge in [-0.15, -0.1) is 12.4 Å². The summed E-state index contributed by atoms with van der Waals surface area (Å²) in [6.07, 6.45) is 1.88. The van der Waals surface area contributed by atoms with E-state index in [0.717, 1.165) is 31.5 Å². The van der Waals surface area contributed by atoms with Gasteiger partial charge in [-0.1, -0.05) is 6.07 Å². The monoisotopic (exact) mass is 286 g/mol. The number of hydrogen-bond donors (Lipinski definition) is 1. The van der Waals surface area contributed by atoms with E-state index < -0.39 is 0 Å². The number of piperidine rings is 1. The Balaban J connectivity index is 0.00000180. The standard InChI is InChI=1S/C14H19FN2O.ClH/c1-10-2-3-12(15)8-13(10)14(18)17-6-4-11(9-16)5-7-17;/h2-3,8,11H,4-7,9,16H2,1H3;1H. The lowest BCUT2D eigenvalue weighted by Gasteiger charge is -2.31. The maximum atomic E-state index is 13.2. The molecule has 1 saturated heterocycles. The van der Waals surface area contributed by atoms with Crippen molar-refractivity contribution in [3.8, 4) is 0 Å². The average molecular weight is 287 g/mol. The molecule has 0 aliphatic carbocycles. The number of halogens is 2. The van der Waals surface area contributed by atoms with Gasteiger partial charge < -0.3 is 10.6 Å². The molecule has 0 spiro atoms. The van der Waals surface area contributed by atoms with Crippen LogP contribution < -0.4 is 5.73 Å². The molecule has 0 radical (unpaired) electrons. The van der Waals surface area contributed by atoms with Crippen LogP contribution in [0.3, 0.4) is 0 Å². The number of nitrogens with two attached hydrogens (primary N) is 1. The van der Waals surface area contributed by atoms with Crippen molar-refractivity contribution in [1.29, 1.82) is 0 Å². The molecule has 3 nitrogen and oxygen atoms in total. The van der Waals surface area contributed by atoms with Gasteiger partial charge in [0.1, 0.15) is 5.82 Å². The van der Waals surface area contributed by atoms with Crippen LogP contribution >= 0.6 is 12.4 Å². The largest absolute Gasteiger partial charge is 0.339 e. The number of likely N-dealkylation sites (tertiary alicyclic amines) is 1. The van der Waals surface area contributed by atoms with E-state index in [1.807, 2.05) is 6.92 Å². The third kappa shape index (κ3) is 3.67. The first-order valence-electron chi connectivity index (χ1n) is 6.37. The molecule has 1 heterocycles. The lowest BCUT2D eigenvalue weighted by Crippen LogP contribution is -2.40. The molecule has 106 valence electrons. The van der Waals surface area contributed by atoms with Gasteiger partial charge in [-0.3, -0.25) is 4.79 Å². The van der Waals surface area contributed by atoms with Gasteiger partial charge in [-0.2, -0.15) is 0 Å². The fourth-order valence-corrected chi connectivity index (χ4v) is 2.37. The zero-order valence-corrected chi connectivity index (χ0v) is 11.9. The van der Waals surface area contributed by atoms with E-state index >= 15 is 0 Å². The first-order valence-corrected chi connectivity index (χ1v) is 6.37. The Bertz CT molecular complexity index is 445. The minimum Gasteiger partial charge on any atom is -0.339 e. The normalized spacial score (nSPS) is 16.1. The lowest BCUT2D eigenvalue weighted by atomic mass is 9.96. The summed E-state index contributed by atoms with van der Waals surface area (Å²) in [5.74, 6) is 0.0888. The SMILES string of the molecule is Cc1ccc(F)cc1C(=O)N1CCC(CN)CC1.Cl. The highest BCUT2D eigenvalue weighted by molar-refractivity contribution is 5.95. The minimum atomic E-state index is -0.360. The van der Waals surface area contributed by atoms with Crippen molar-refractivity contribution in [2.45, 2.75) is 19.8 Å². The lowest BCUT2D eigenvalue weighted by molar-refractivity contribution is 0.0692. The molecule has 1 aromatic rings. The predicted molar refractivity (Wildman–Crippen MR) is 76.1 cm³/mol. The van der Waals surface area contributed by atoms with E-state index in [2.05, 4.69) is 0 Å². The Morgan fingerprint density at radius 1 is 1.42 bits per heavy atom. The van der Waals surface area contributed by atoms with Crippen LogP contribution in [0.2, 0.25) is 0 Å². The summed E-state index contributed by atoms with van der Waals surface area (Å²) in [7, 11) is 0. The predicted octanol–water partition coefficient (Wildman–Crippen LogP) is 2.37. The quantitative estimate of drug-likeness (QED) is 0.907. The van der Waals surface area contributed by atoms with Gasteiger partial charge in [-0.25, -0.2) is 4.39 Å². The van der Waals surface area contributed by atoms with Crippen LogP contribution in [-0.4, -0.2) is 30.4 Å². The number of carbonyl (C=O) groups is 1. The molecule has 2 N–H and O–H groups in total. The first kappa shape index (κ1) is 15.9. The average Bonchev–Trinajstić information content (AvgIpc) is 2.41. The van der Waals surface area contributed by atoms with Crippen molar-refractivity contribution in [3.05, 3.63) is 35.1 Å². The van der Waals surface area contributed by atoms with Crippen molar-refractivity contribution in [2.24, 2.45) is 11.7 Å². The van der Waals surface area contributed by atoms with Crippen molar-refractivity contribution in [1.82, 2.24) is 4.90 Å². The highest BCUT2D eigenvalue weighted by Gasteiger charge is 2.23. The van der Waals surface area contributed by atoms with Gasteiger partial charge in [-0.05, 0) is 49.9 Å². The summed E-state index contributed by atoms with van der Waals surface area (Å²) < 4.78 is 13.2. The molecule has 1 aromatic carbocycles. The number of aryl methyl sites for hydroxylation is 1. The molecule has 19 heavy (non-hydrogen) atoms. The van der Waals surface area contributed by atoms with E-state index in [-0.39, 0.29) is 24.1 Å². The molecule has 1 amide bonds. The number of nitrogens with zero attached hydrogens (tertiary/aromatic N) is 1. The number of hydrogen-bond acceptors (Lipinski definition) is 2. The van der Waals surface area contributed by atoms with Gasteiger partial charge in [0.05, 0.1) is 0 Å². The van der Waals surface area contributed by atoms with E-state index in [1.54, 1.807) is 11.0 Å². The zero-order valence-electron chi connectivity index (χ0n) is 11.1. The molecule has 0 bridgehead atoms. The van der Waals surface area contributed by atoms with Gasteiger partial charge in [0, 0.05) is 18.7 Å². The Kier molecular flexibility index (Phi) is 5.76. The topological polar surface area (TPSA) is 46.3 Å². The highest BCUT2D eigenvalue weighted by atomic mass is 35.5. The number of amides is 1. The van der Waals surface area contributed by atoms with Crippen LogP contribution in [0.1, 0.15) is 28.8 Å². The third-order valence-corrected chi connectivity index (χ3v) is 3.67. The van der Waals surface area contributed by atoms with Crippen molar-refractivity contribution >= 4 is 18.3 Å².